The molecule has 21 heavy (non-hydrogen) atoms. The Morgan fingerprint density at radius 1 is 1.24 bits per heavy atom. The van der Waals surface area contributed by atoms with E-state index in [1.807, 2.05) is 24.3 Å². The molecule has 0 atom stereocenters. The van der Waals surface area contributed by atoms with Gasteiger partial charge in [0.25, 0.3) is 0 Å². The Kier molecular flexibility index (Phi) is 4.51. The average molecular weight is 302 g/mol. The zero-order valence-corrected chi connectivity index (χ0v) is 13.1. The molecule has 0 saturated heterocycles. The highest BCUT2D eigenvalue weighted by Crippen LogP contribution is 2.21. The van der Waals surface area contributed by atoms with Gasteiger partial charge in [-0.1, -0.05) is 43.1 Å². The second-order valence-corrected chi connectivity index (χ2v) is 5.86. The summed E-state index contributed by atoms with van der Waals surface area (Å²) in [6, 6.07) is 7.93. The molecule has 3 nitrogen and oxygen atoms in total. The fraction of sp³-hybridized carbons (Fsp3) is 0.412. The standard InChI is InChI=1S/C17H20ClN3/c1-2-5-15-13-11-19-9-8-16(13)21-17(20-15)10-12-6-3-4-7-14(12)18/h3-4,6-7,19H,2,5,8-11H2,1H3. The first-order chi connectivity index (χ1) is 10.3. The van der Waals surface area contributed by atoms with Gasteiger partial charge in [0.15, 0.2) is 0 Å². The minimum absolute atomic E-state index is 0.705. The summed E-state index contributed by atoms with van der Waals surface area (Å²) < 4.78 is 0. The Morgan fingerprint density at radius 2 is 2.10 bits per heavy atom. The highest BCUT2D eigenvalue weighted by Gasteiger charge is 2.17. The molecule has 1 N–H and O–H groups in total. The summed E-state index contributed by atoms with van der Waals surface area (Å²) in [4.78, 5) is 9.59. The van der Waals surface area contributed by atoms with Crippen molar-refractivity contribution in [2.45, 2.75) is 39.2 Å². The van der Waals surface area contributed by atoms with Gasteiger partial charge < -0.3 is 5.32 Å². The topological polar surface area (TPSA) is 37.8 Å². The summed E-state index contributed by atoms with van der Waals surface area (Å²) in [5, 5.41) is 4.21. The molecule has 0 fully saturated rings. The third-order valence-corrected chi connectivity index (χ3v) is 4.23. The molecule has 0 bridgehead atoms. The number of benzene rings is 1. The van der Waals surface area contributed by atoms with Crippen molar-refractivity contribution in [3.8, 4) is 0 Å². The van der Waals surface area contributed by atoms with E-state index in [0.29, 0.717) is 6.42 Å². The zero-order valence-electron chi connectivity index (χ0n) is 12.3. The Morgan fingerprint density at radius 3 is 2.90 bits per heavy atom. The van der Waals surface area contributed by atoms with Crippen LogP contribution in [0, 0.1) is 0 Å². The van der Waals surface area contributed by atoms with Crippen LogP contribution in [0.1, 0.15) is 41.7 Å². The van der Waals surface area contributed by atoms with Crippen LogP contribution in [0.25, 0.3) is 0 Å². The predicted molar refractivity (Wildman–Crippen MR) is 85.7 cm³/mol. The van der Waals surface area contributed by atoms with Gasteiger partial charge in [-0.05, 0) is 18.1 Å². The molecule has 4 heteroatoms. The van der Waals surface area contributed by atoms with Gasteiger partial charge in [-0.3, -0.25) is 0 Å². The van der Waals surface area contributed by atoms with E-state index >= 15 is 0 Å². The summed E-state index contributed by atoms with van der Waals surface area (Å²) in [5.41, 5.74) is 4.83. The number of rotatable bonds is 4. The number of nitrogens with one attached hydrogen (secondary N) is 1. The number of aryl methyl sites for hydroxylation is 1. The highest BCUT2D eigenvalue weighted by molar-refractivity contribution is 6.31. The van der Waals surface area contributed by atoms with Gasteiger partial charge in [0.2, 0.25) is 0 Å². The third-order valence-electron chi connectivity index (χ3n) is 3.86. The Balaban J connectivity index is 1.95. The summed E-state index contributed by atoms with van der Waals surface area (Å²) in [5.74, 6) is 0.896. The Labute approximate surface area is 130 Å². The fourth-order valence-electron chi connectivity index (χ4n) is 2.80. The van der Waals surface area contributed by atoms with Crippen LogP contribution in [0.3, 0.4) is 0 Å². The molecule has 0 unspecified atom stereocenters. The molecular weight excluding hydrogens is 282 g/mol. The summed E-state index contributed by atoms with van der Waals surface area (Å²) in [6.07, 6.45) is 3.82. The SMILES string of the molecule is CCCc1nc(Cc2ccccc2Cl)nc2c1CNCC2. The Hall–Kier alpha value is -1.45. The molecule has 0 saturated carbocycles. The molecule has 2 heterocycles. The van der Waals surface area contributed by atoms with Gasteiger partial charge in [-0.15, -0.1) is 0 Å². The molecule has 0 amide bonds. The average Bonchev–Trinajstić information content (AvgIpc) is 2.50. The van der Waals surface area contributed by atoms with Gasteiger partial charge in [-0.2, -0.15) is 0 Å². The quantitative estimate of drug-likeness (QED) is 0.941. The number of hydrogen-bond acceptors (Lipinski definition) is 3. The van der Waals surface area contributed by atoms with Crippen molar-refractivity contribution in [1.82, 2.24) is 15.3 Å². The maximum absolute atomic E-state index is 6.25. The van der Waals surface area contributed by atoms with Crippen LogP contribution in [0.5, 0.6) is 0 Å². The first-order valence-electron chi connectivity index (χ1n) is 7.59. The molecule has 110 valence electrons. The van der Waals surface area contributed by atoms with E-state index in [9.17, 15) is 0 Å². The van der Waals surface area contributed by atoms with Crippen LogP contribution in [0.4, 0.5) is 0 Å². The van der Waals surface area contributed by atoms with Crippen molar-refractivity contribution in [2.75, 3.05) is 6.54 Å². The molecule has 0 radical (unpaired) electrons. The highest BCUT2D eigenvalue weighted by atomic mass is 35.5. The molecule has 0 spiro atoms. The lowest BCUT2D eigenvalue weighted by Crippen LogP contribution is -2.27. The van der Waals surface area contributed by atoms with Crippen LogP contribution < -0.4 is 5.32 Å². The van der Waals surface area contributed by atoms with Gasteiger partial charge in [0.05, 0.1) is 5.69 Å². The van der Waals surface area contributed by atoms with Gasteiger partial charge in [-0.25, -0.2) is 9.97 Å². The molecule has 2 aromatic rings. The molecule has 3 rings (SSSR count). The van der Waals surface area contributed by atoms with Gasteiger partial charge in [0, 0.05) is 42.2 Å². The largest absolute Gasteiger partial charge is 0.312 e. The van der Waals surface area contributed by atoms with Crippen LogP contribution in [-0.4, -0.2) is 16.5 Å². The zero-order chi connectivity index (χ0) is 14.7. The molecule has 0 aliphatic carbocycles. The first-order valence-corrected chi connectivity index (χ1v) is 7.97. The molecule has 1 aliphatic heterocycles. The third kappa shape index (κ3) is 3.25. The van der Waals surface area contributed by atoms with Crippen LogP contribution in [0.2, 0.25) is 5.02 Å². The van der Waals surface area contributed by atoms with Crippen molar-refractivity contribution in [3.05, 3.63) is 57.6 Å². The van der Waals surface area contributed by atoms with Crippen molar-refractivity contribution < 1.29 is 0 Å². The van der Waals surface area contributed by atoms with Crippen molar-refractivity contribution in [1.29, 1.82) is 0 Å². The molecular formula is C17H20ClN3. The maximum Gasteiger partial charge on any atom is 0.133 e. The van der Waals surface area contributed by atoms with E-state index in [2.05, 4.69) is 12.2 Å². The monoisotopic (exact) mass is 301 g/mol. The number of halogens is 1. The van der Waals surface area contributed by atoms with Gasteiger partial charge >= 0.3 is 0 Å². The van der Waals surface area contributed by atoms with Crippen molar-refractivity contribution in [2.24, 2.45) is 0 Å². The van der Waals surface area contributed by atoms with E-state index < -0.39 is 0 Å². The minimum atomic E-state index is 0.705. The van der Waals surface area contributed by atoms with Crippen LogP contribution >= 0.6 is 11.6 Å². The lowest BCUT2D eigenvalue weighted by Gasteiger charge is -2.20. The first kappa shape index (κ1) is 14.5. The normalized spacial score (nSPS) is 14.0. The smallest absolute Gasteiger partial charge is 0.133 e. The summed E-state index contributed by atoms with van der Waals surface area (Å²) in [7, 11) is 0. The van der Waals surface area contributed by atoms with E-state index in [1.54, 1.807) is 0 Å². The number of nitrogens with zero attached hydrogens (tertiary/aromatic N) is 2. The van der Waals surface area contributed by atoms with Crippen molar-refractivity contribution >= 4 is 11.6 Å². The molecule has 1 aliphatic rings. The lowest BCUT2D eigenvalue weighted by molar-refractivity contribution is 0.608. The lowest BCUT2D eigenvalue weighted by atomic mass is 10.0. The van der Waals surface area contributed by atoms with Crippen LogP contribution in [0.15, 0.2) is 24.3 Å². The summed E-state index contributed by atoms with van der Waals surface area (Å²) >= 11 is 6.25. The second-order valence-electron chi connectivity index (χ2n) is 5.46. The second kappa shape index (κ2) is 6.54. The van der Waals surface area contributed by atoms with E-state index in [1.165, 1.54) is 17.0 Å². The summed E-state index contributed by atoms with van der Waals surface area (Å²) in [6.45, 7) is 4.09. The van der Waals surface area contributed by atoms with E-state index in [0.717, 1.165) is 48.8 Å². The number of hydrogen-bond donors (Lipinski definition) is 1. The van der Waals surface area contributed by atoms with Crippen molar-refractivity contribution in [3.63, 3.8) is 0 Å². The number of fused-ring (bicyclic) bond motifs is 1. The predicted octanol–water partition coefficient (Wildman–Crippen LogP) is 3.32. The minimum Gasteiger partial charge on any atom is -0.312 e. The molecule has 1 aromatic heterocycles. The molecule has 1 aromatic carbocycles. The fourth-order valence-corrected chi connectivity index (χ4v) is 3.01. The van der Waals surface area contributed by atoms with Gasteiger partial charge in [0.1, 0.15) is 5.82 Å². The van der Waals surface area contributed by atoms with Crippen LogP contribution in [-0.2, 0) is 25.8 Å². The maximum atomic E-state index is 6.25. The number of aromatic nitrogens is 2. The Bertz CT molecular complexity index is 640. The van der Waals surface area contributed by atoms with E-state index in [-0.39, 0.29) is 0 Å². The van der Waals surface area contributed by atoms with E-state index in [4.69, 9.17) is 21.6 Å².